The minimum absolute atomic E-state index is 0.229. The Morgan fingerprint density at radius 2 is 1.63 bits per heavy atom. The van der Waals surface area contributed by atoms with Crippen LogP contribution in [-0.2, 0) is 9.53 Å². The van der Waals surface area contributed by atoms with E-state index in [1.54, 1.807) is 0 Å². The molecule has 30 heavy (non-hydrogen) atoms. The van der Waals surface area contributed by atoms with Gasteiger partial charge in [-0.3, -0.25) is 19.6 Å². The average Bonchev–Trinajstić information content (AvgIpc) is 2.73. The quantitative estimate of drug-likeness (QED) is 0.338. The molecule has 0 aromatic rings. The number of guanidine groups is 1. The second kappa shape index (κ2) is 13.1. The molecule has 8 heteroatoms. The molecule has 1 N–H and O–H groups in total. The van der Waals surface area contributed by atoms with Crippen molar-refractivity contribution in [3.63, 3.8) is 0 Å². The molecule has 0 spiro atoms. The van der Waals surface area contributed by atoms with Gasteiger partial charge in [0.25, 0.3) is 0 Å². The zero-order valence-corrected chi connectivity index (χ0v) is 19.9. The largest absolute Gasteiger partial charge is 0.378 e. The van der Waals surface area contributed by atoms with Crippen LogP contribution < -0.4 is 5.32 Å². The van der Waals surface area contributed by atoms with Crippen molar-refractivity contribution >= 4 is 11.9 Å². The number of morpholine rings is 1. The van der Waals surface area contributed by atoms with E-state index in [1.165, 1.54) is 0 Å². The second-order valence-electron chi connectivity index (χ2n) is 8.77. The molecule has 0 unspecified atom stereocenters. The van der Waals surface area contributed by atoms with Crippen LogP contribution in [0.15, 0.2) is 4.99 Å². The maximum atomic E-state index is 12.5. The van der Waals surface area contributed by atoms with Crippen molar-refractivity contribution in [1.29, 1.82) is 0 Å². The maximum Gasteiger partial charge on any atom is 0.236 e. The van der Waals surface area contributed by atoms with Crippen molar-refractivity contribution in [1.82, 2.24) is 24.9 Å². The zero-order chi connectivity index (χ0) is 21.9. The summed E-state index contributed by atoms with van der Waals surface area (Å²) in [6.45, 7) is 20.9. The normalized spacial score (nSPS) is 19.3. The predicted octanol–water partition coefficient (Wildman–Crippen LogP) is 0.937. The van der Waals surface area contributed by atoms with E-state index in [0.717, 1.165) is 71.3 Å². The number of amides is 1. The number of hydrogen-bond donors (Lipinski definition) is 1. The molecule has 2 saturated heterocycles. The highest BCUT2D eigenvalue weighted by atomic mass is 16.5. The number of carbonyl (C=O) groups excluding carboxylic acids is 1. The molecule has 0 saturated carbocycles. The summed E-state index contributed by atoms with van der Waals surface area (Å²) in [5, 5.41) is 3.45. The van der Waals surface area contributed by atoms with Gasteiger partial charge in [0.05, 0.1) is 19.8 Å². The molecular weight excluding hydrogens is 380 g/mol. The van der Waals surface area contributed by atoms with E-state index in [-0.39, 0.29) is 5.91 Å². The smallest absolute Gasteiger partial charge is 0.236 e. The molecule has 0 atom stereocenters. The molecule has 174 valence electrons. The van der Waals surface area contributed by atoms with Gasteiger partial charge in [-0.2, -0.15) is 0 Å². The molecule has 8 nitrogen and oxygen atoms in total. The number of aliphatic imine (C=N–C) groups is 1. The molecule has 1 amide bonds. The molecule has 0 radical (unpaired) electrons. The Kier molecular flexibility index (Phi) is 10.9. The summed E-state index contributed by atoms with van der Waals surface area (Å²) in [4.78, 5) is 26.4. The topological polar surface area (TPSA) is 63.7 Å². The van der Waals surface area contributed by atoms with Gasteiger partial charge in [0.1, 0.15) is 0 Å². The van der Waals surface area contributed by atoms with Gasteiger partial charge in [0.15, 0.2) is 5.96 Å². The van der Waals surface area contributed by atoms with Crippen molar-refractivity contribution < 1.29 is 9.53 Å². The third kappa shape index (κ3) is 8.04. The highest BCUT2D eigenvalue weighted by Crippen LogP contribution is 2.07. The first-order valence-electron chi connectivity index (χ1n) is 11.8. The van der Waals surface area contributed by atoms with E-state index in [9.17, 15) is 4.79 Å². The first kappa shape index (κ1) is 24.9. The van der Waals surface area contributed by atoms with Gasteiger partial charge in [-0.05, 0) is 41.0 Å². The molecule has 0 aromatic carbocycles. The Bertz CT molecular complexity index is 518. The minimum Gasteiger partial charge on any atom is -0.378 e. The number of carbonyl (C=O) groups is 1. The zero-order valence-electron chi connectivity index (χ0n) is 19.9. The SMILES string of the molecule is CCNC(=NCCCN(C(C)C)C(C)C)N1CCN(CC(=O)N2CCOCC2)CC1. The third-order valence-electron chi connectivity index (χ3n) is 5.89. The number of nitrogens with zero attached hydrogens (tertiary/aromatic N) is 5. The number of hydrogen-bond acceptors (Lipinski definition) is 5. The highest BCUT2D eigenvalue weighted by molar-refractivity contribution is 5.80. The van der Waals surface area contributed by atoms with Crippen LogP contribution in [0.3, 0.4) is 0 Å². The lowest BCUT2D eigenvalue weighted by atomic mass is 10.2. The molecule has 0 bridgehead atoms. The predicted molar refractivity (Wildman–Crippen MR) is 123 cm³/mol. The van der Waals surface area contributed by atoms with Gasteiger partial charge in [0.2, 0.25) is 5.91 Å². The second-order valence-corrected chi connectivity index (χ2v) is 8.77. The minimum atomic E-state index is 0.229. The number of ether oxygens (including phenoxy) is 1. The van der Waals surface area contributed by atoms with Crippen LogP contribution in [-0.4, -0.2) is 122 Å². The monoisotopic (exact) mass is 424 g/mol. The molecule has 2 aliphatic heterocycles. The Morgan fingerprint density at radius 3 is 2.20 bits per heavy atom. The number of piperazine rings is 1. The van der Waals surface area contributed by atoms with E-state index in [4.69, 9.17) is 9.73 Å². The van der Waals surface area contributed by atoms with E-state index in [0.29, 0.717) is 31.8 Å². The van der Waals surface area contributed by atoms with Gasteiger partial charge in [0, 0.05) is 71.0 Å². The first-order valence-corrected chi connectivity index (χ1v) is 11.8. The van der Waals surface area contributed by atoms with E-state index in [1.807, 2.05) is 4.90 Å². The van der Waals surface area contributed by atoms with Gasteiger partial charge < -0.3 is 19.9 Å². The van der Waals surface area contributed by atoms with E-state index >= 15 is 0 Å². The summed E-state index contributed by atoms with van der Waals surface area (Å²) in [6, 6.07) is 1.13. The van der Waals surface area contributed by atoms with E-state index < -0.39 is 0 Å². The van der Waals surface area contributed by atoms with Crippen LogP contribution >= 0.6 is 0 Å². The van der Waals surface area contributed by atoms with Crippen molar-refractivity contribution in [2.75, 3.05) is 78.7 Å². The lowest BCUT2D eigenvalue weighted by molar-refractivity contribution is -0.136. The highest BCUT2D eigenvalue weighted by Gasteiger charge is 2.24. The standard InChI is InChI=1S/C22H44N6O2/c1-6-23-22(24-8-7-9-28(19(2)3)20(4)5)27-12-10-25(11-13-27)18-21(29)26-14-16-30-17-15-26/h19-20H,6-18H2,1-5H3,(H,23,24). The van der Waals surface area contributed by atoms with Gasteiger partial charge in [-0.25, -0.2) is 0 Å². The van der Waals surface area contributed by atoms with Crippen LogP contribution in [0.25, 0.3) is 0 Å². The van der Waals surface area contributed by atoms with Gasteiger partial charge in [-0.15, -0.1) is 0 Å². The summed E-state index contributed by atoms with van der Waals surface area (Å²) < 4.78 is 5.34. The lowest BCUT2D eigenvalue weighted by Gasteiger charge is -2.37. The molecule has 0 aliphatic carbocycles. The van der Waals surface area contributed by atoms with Crippen LogP contribution in [0.4, 0.5) is 0 Å². The number of nitrogens with one attached hydrogen (secondary N) is 1. The van der Waals surface area contributed by atoms with Crippen molar-refractivity contribution in [2.45, 2.75) is 53.1 Å². The van der Waals surface area contributed by atoms with Crippen LogP contribution in [0, 0.1) is 0 Å². The average molecular weight is 425 g/mol. The molecule has 2 heterocycles. The van der Waals surface area contributed by atoms with Crippen LogP contribution in [0.5, 0.6) is 0 Å². The summed E-state index contributed by atoms with van der Waals surface area (Å²) >= 11 is 0. The lowest BCUT2D eigenvalue weighted by Crippen LogP contribution is -2.55. The van der Waals surface area contributed by atoms with Gasteiger partial charge in [-0.1, -0.05) is 0 Å². The van der Waals surface area contributed by atoms with Crippen LogP contribution in [0.1, 0.15) is 41.0 Å². The molecule has 2 fully saturated rings. The van der Waals surface area contributed by atoms with Crippen molar-refractivity contribution in [3.8, 4) is 0 Å². The van der Waals surface area contributed by atoms with Crippen LogP contribution in [0.2, 0.25) is 0 Å². The summed E-state index contributed by atoms with van der Waals surface area (Å²) in [5.41, 5.74) is 0. The molecule has 2 aliphatic rings. The Hall–Kier alpha value is -1.38. The fourth-order valence-electron chi connectivity index (χ4n) is 4.20. The summed E-state index contributed by atoms with van der Waals surface area (Å²) in [7, 11) is 0. The molecular formula is C22H44N6O2. The Balaban J connectivity index is 1.77. The van der Waals surface area contributed by atoms with E-state index in [2.05, 4.69) is 54.6 Å². The third-order valence-corrected chi connectivity index (χ3v) is 5.89. The Labute approximate surface area is 183 Å². The Morgan fingerprint density at radius 1 is 1.00 bits per heavy atom. The fraction of sp³-hybridized carbons (Fsp3) is 0.909. The first-order chi connectivity index (χ1) is 14.4. The summed E-state index contributed by atoms with van der Waals surface area (Å²) in [5.74, 6) is 1.24. The van der Waals surface area contributed by atoms with Crippen molar-refractivity contribution in [3.05, 3.63) is 0 Å². The molecule has 0 aromatic heterocycles. The number of rotatable bonds is 9. The summed E-state index contributed by atoms with van der Waals surface area (Å²) in [6.07, 6.45) is 1.07. The maximum absolute atomic E-state index is 12.5. The van der Waals surface area contributed by atoms with Gasteiger partial charge >= 0.3 is 0 Å². The fourth-order valence-corrected chi connectivity index (χ4v) is 4.20. The van der Waals surface area contributed by atoms with Crippen molar-refractivity contribution in [2.24, 2.45) is 4.99 Å². The molecule has 2 rings (SSSR count).